The van der Waals surface area contributed by atoms with E-state index in [-0.39, 0.29) is 11.8 Å². The summed E-state index contributed by atoms with van der Waals surface area (Å²) >= 11 is 0. The minimum atomic E-state index is -4.52. The van der Waals surface area contributed by atoms with E-state index in [0.29, 0.717) is 6.54 Å². The Balaban J connectivity index is 2.78. The zero-order chi connectivity index (χ0) is 13.6. The van der Waals surface area contributed by atoms with Gasteiger partial charge in [-0.25, -0.2) is 10.8 Å². The molecule has 0 aliphatic rings. The van der Waals surface area contributed by atoms with E-state index >= 15 is 0 Å². The first kappa shape index (κ1) is 14.5. The van der Waals surface area contributed by atoms with Crippen molar-refractivity contribution in [1.82, 2.24) is 9.97 Å². The summed E-state index contributed by atoms with van der Waals surface area (Å²) < 4.78 is 37.6. The van der Waals surface area contributed by atoms with Gasteiger partial charge in [0.05, 0.1) is 0 Å². The van der Waals surface area contributed by atoms with Crippen LogP contribution >= 0.6 is 0 Å². The molecule has 0 atom stereocenters. The third-order valence-electron chi connectivity index (χ3n) is 2.23. The fourth-order valence-corrected chi connectivity index (χ4v) is 1.34. The third-order valence-corrected chi connectivity index (χ3v) is 2.23. The summed E-state index contributed by atoms with van der Waals surface area (Å²) in [6.07, 6.45) is -1.61. The van der Waals surface area contributed by atoms with Crippen LogP contribution in [-0.2, 0) is 6.18 Å². The number of nitrogen functional groups attached to an aromatic ring is 1. The Morgan fingerprint density at radius 3 is 2.56 bits per heavy atom. The Labute approximate surface area is 103 Å². The largest absolute Gasteiger partial charge is 0.433 e. The Morgan fingerprint density at radius 1 is 1.28 bits per heavy atom. The standard InChI is InChI=1S/C10H16F3N5/c1-2-3-4-5-15-8-6-7(10(11,12)13)16-9(17-8)18-14/h6H,2-5,14H2,1H3,(H2,15,16,17,18). The van der Waals surface area contributed by atoms with Crippen LogP contribution in [0.3, 0.4) is 0 Å². The Hall–Kier alpha value is -1.57. The molecule has 0 aromatic carbocycles. The molecular formula is C10H16F3N5. The molecule has 1 aromatic rings. The summed E-state index contributed by atoms with van der Waals surface area (Å²) in [5.41, 5.74) is 0.995. The van der Waals surface area contributed by atoms with Crippen molar-refractivity contribution in [3.8, 4) is 0 Å². The van der Waals surface area contributed by atoms with E-state index in [9.17, 15) is 13.2 Å². The first-order valence-corrected chi connectivity index (χ1v) is 5.64. The first-order chi connectivity index (χ1) is 8.47. The summed E-state index contributed by atoms with van der Waals surface area (Å²) in [6.45, 7) is 2.61. The SMILES string of the molecule is CCCCCNc1cc(C(F)(F)F)nc(NN)n1. The van der Waals surface area contributed by atoms with Gasteiger partial charge in [-0.3, -0.25) is 5.43 Å². The van der Waals surface area contributed by atoms with E-state index in [2.05, 4.69) is 15.3 Å². The molecule has 0 spiro atoms. The van der Waals surface area contributed by atoms with Gasteiger partial charge < -0.3 is 5.32 Å². The van der Waals surface area contributed by atoms with Gasteiger partial charge in [0.1, 0.15) is 5.82 Å². The Morgan fingerprint density at radius 2 is 2.00 bits per heavy atom. The van der Waals surface area contributed by atoms with Crippen LogP contribution < -0.4 is 16.6 Å². The number of anilines is 2. The van der Waals surface area contributed by atoms with Crippen molar-refractivity contribution in [3.05, 3.63) is 11.8 Å². The lowest BCUT2D eigenvalue weighted by atomic mass is 10.2. The molecule has 0 fully saturated rings. The number of halogens is 3. The predicted molar refractivity (Wildman–Crippen MR) is 62.9 cm³/mol. The molecule has 5 nitrogen and oxygen atoms in total. The van der Waals surface area contributed by atoms with Gasteiger partial charge in [-0.05, 0) is 6.42 Å². The van der Waals surface area contributed by atoms with Crippen molar-refractivity contribution in [2.75, 3.05) is 17.3 Å². The van der Waals surface area contributed by atoms with E-state index in [1.165, 1.54) is 0 Å². The molecule has 0 saturated carbocycles. The summed E-state index contributed by atoms with van der Waals surface area (Å²) in [7, 11) is 0. The number of hydrogen-bond acceptors (Lipinski definition) is 5. The normalized spacial score (nSPS) is 11.4. The van der Waals surface area contributed by atoms with Crippen LogP contribution in [0.15, 0.2) is 6.07 Å². The Bertz CT molecular complexity index is 380. The molecular weight excluding hydrogens is 247 g/mol. The van der Waals surface area contributed by atoms with Gasteiger partial charge in [0.15, 0.2) is 5.69 Å². The minimum absolute atomic E-state index is 0.112. The number of rotatable bonds is 6. The molecule has 1 aromatic heterocycles. The number of nitrogens with one attached hydrogen (secondary N) is 2. The zero-order valence-electron chi connectivity index (χ0n) is 10.0. The second kappa shape index (κ2) is 6.39. The van der Waals surface area contributed by atoms with Gasteiger partial charge >= 0.3 is 6.18 Å². The number of unbranched alkanes of at least 4 members (excludes halogenated alkanes) is 2. The fourth-order valence-electron chi connectivity index (χ4n) is 1.34. The van der Waals surface area contributed by atoms with E-state index in [1.807, 2.05) is 12.3 Å². The van der Waals surface area contributed by atoms with Crippen LogP contribution in [0.1, 0.15) is 31.9 Å². The first-order valence-electron chi connectivity index (χ1n) is 5.64. The second-order valence-corrected chi connectivity index (χ2v) is 3.74. The summed E-state index contributed by atoms with van der Waals surface area (Å²) in [4.78, 5) is 7.06. The molecule has 8 heteroatoms. The van der Waals surface area contributed by atoms with Crippen LogP contribution in [0, 0.1) is 0 Å². The highest BCUT2D eigenvalue weighted by atomic mass is 19.4. The highest BCUT2D eigenvalue weighted by Gasteiger charge is 2.33. The molecule has 1 heterocycles. The number of hydrazine groups is 1. The molecule has 1 rings (SSSR count). The van der Waals surface area contributed by atoms with Crippen LogP contribution in [-0.4, -0.2) is 16.5 Å². The quantitative estimate of drug-likeness (QED) is 0.417. The average molecular weight is 263 g/mol. The van der Waals surface area contributed by atoms with Crippen molar-refractivity contribution >= 4 is 11.8 Å². The van der Waals surface area contributed by atoms with E-state index in [1.54, 1.807) is 0 Å². The van der Waals surface area contributed by atoms with Gasteiger partial charge in [0.25, 0.3) is 0 Å². The number of nitrogens with zero attached hydrogens (tertiary/aromatic N) is 2. The zero-order valence-corrected chi connectivity index (χ0v) is 10.0. The summed E-state index contributed by atoms with van der Waals surface area (Å²) in [5, 5.41) is 2.82. The smallest absolute Gasteiger partial charge is 0.370 e. The van der Waals surface area contributed by atoms with Crippen molar-refractivity contribution in [2.24, 2.45) is 5.84 Å². The van der Waals surface area contributed by atoms with Gasteiger partial charge in [-0.1, -0.05) is 19.8 Å². The Kier molecular flexibility index (Phi) is 5.14. The number of aromatic nitrogens is 2. The molecule has 102 valence electrons. The van der Waals surface area contributed by atoms with Gasteiger partial charge in [0.2, 0.25) is 5.95 Å². The lowest BCUT2D eigenvalue weighted by molar-refractivity contribution is -0.141. The third kappa shape index (κ3) is 4.36. The molecule has 0 saturated heterocycles. The van der Waals surface area contributed by atoms with E-state index in [0.717, 1.165) is 25.3 Å². The highest BCUT2D eigenvalue weighted by Crippen LogP contribution is 2.29. The molecule has 0 amide bonds. The fraction of sp³-hybridized carbons (Fsp3) is 0.600. The van der Waals surface area contributed by atoms with Crippen LogP contribution in [0.2, 0.25) is 0 Å². The van der Waals surface area contributed by atoms with Gasteiger partial charge in [0, 0.05) is 12.6 Å². The molecule has 4 N–H and O–H groups in total. The van der Waals surface area contributed by atoms with Crippen molar-refractivity contribution in [1.29, 1.82) is 0 Å². The number of alkyl halides is 3. The topological polar surface area (TPSA) is 75.9 Å². The summed E-state index contributed by atoms with van der Waals surface area (Å²) in [5.74, 6) is 4.89. The van der Waals surface area contributed by atoms with Gasteiger partial charge in [-0.15, -0.1) is 0 Å². The maximum atomic E-state index is 12.5. The predicted octanol–water partition coefficient (Wildman–Crippen LogP) is 2.38. The van der Waals surface area contributed by atoms with Crippen LogP contribution in [0.4, 0.5) is 24.9 Å². The molecule has 0 aliphatic carbocycles. The maximum Gasteiger partial charge on any atom is 0.433 e. The average Bonchev–Trinajstić information content (AvgIpc) is 2.33. The monoisotopic (exact) mass is 263 g/mol. The molecule has 0 radical (unpaired) electrons. The lowest BCUT2D eigenvalue weighted by Crippen LogP contribution is -2.17. The molecule has 0 unspecified atom stereocenters. The van der Waals surface area contributed by atoms with Gasteiger partial charge in [-0.2, -0.15) is 18.2 Å². The van der Waals surface area contributed by atoms with Crippen LogP contribution in [0.25, 0.3) is 0 Å². The number of hydrogen-bond donors (Lipinski definition) is 3. The molecule has 18 heavy (non-hydrogen) atoms. The van der Waals surface area contributed by atoms with Crippen molar-refractivity contribution in [3.63, 3.8) is 0 Å². The number of nitrogens with two attached hydrogens (primary N) is 1. The van der Waals surface area contributed by atoms with E-state index < -0.39 is 11.9 Å². The van der Waals surface area contributed by atoms with Crippen molar-refractivity contribution in [2.45, 2.75) is 32.4 Å². The van der Waals surface area contributed by atoms with Crippen molar-refractivity contribution < 1.29 is 13.2 Å². The summed E-state index contributed by atoms with van der Waals surface area (Å²) in [6, 6.07) is 0.868. The molecule has 0 aliphatic heterocycles. The maximum absolute atomic E-state index is 12.5. The second-order valence-electron chi connectivity index (χ2n) is 3.74. The molecule has 0 bridgehead atoms. The van der Waals surface area contributed by atoms with Crippen LogP contribution in [0.5, 0.6) is 0 Å². The van der Waals surface area contributed by atoms with E-state index in [4.69, 9.17) is 5.84 Å². The lowest BCUT2D eigenvalue weighted by Gasteiger charge is -2.11. The highest BCUT2D eigenvalue weighted by molar-refractivity contribution is 5.42. The minimum Gasteiger partial charge on any atom is -0.370 e.